The van der Waals surface area contributed by atoms with Crippen LogP contribution in [0.1, 0.15) is 12.8 Å². The number of benzene rings is 1. The summed E-state index contributed by atoms with van der Waals surface area (Å²) in [5.41, 5.74) is 6.25. The van der Waals surface area contributed by atoms with Gasteiger partial charge in [-0.25, -0.2) is 0 Å². The van der Waals surface area contributed by atoms with Crippen LogP contribution in [0.25, 0.3) is 10.9 Å². The molecule has 0 bridgehead atoms. The quantitative estimate of drug-likeness (QED) is 0.672. The van der Waals surface area contributed by atoms with Gasteiger partial charge in [-0.05, 0) is 37.1 Å². The van der Waals surface area contributed by atoms with Crippen molar-refractivity contribution in [3.05, 3.63) is 40.6 Å². The van der Waals surface area contributed by atoms with E-state index in [2.05, 4.69) is 4.98 Å². The van der Waals surface area contributed by atoms with Crippen molar-refractivity contribution in [1.29, 1.82) is 0 Å². The third kappa shape index (κ3) is 2.10. The number of aromatic nitrogens is 1. The van der Waals surface area contributed by atoms with Crippen molar-refractivity contribution >= 4 is 16.6 Å². The number of rotatable bonds is 3. The molecule has 0 spiro atoms. The molecule has 6 heteroatoms. The highest BCUT2D eigenvalue weighted by Crippen LogP contribution is 2.36. The number of hydrogen-bond acceptors (Lipinski definition) is 5. The smallest absolute Gasteiger partial charge is 0.320 e. The van der Waals surface area contributed by atoms with Crippen molar-refractivity contribution in [1.82, 2.24) is 4.98 Å². The van der Waals surface area contributed by atoms with Gasteiger partial charge >= 0.3 is 5.69 Å². The molecular weight excluding hydrogens is 246 g/mol. The van der Waals surface area contributed by atoms with Crippen LogP contribution in [-0.2, 0) is 0 Å². The lowest BCUT2D eigenvalue weighted by Crippen LogP contribution is -2.43. The van der Waals surface area contributed by atoms with E-state index in [9.17, 15) is 10.1 Å². The molecule has 3 rings (SSSR count). The second-order valence-corrected chi connectivity index (χ2v) is 4.71. The van der Waals surface area contributed by atoms with E-state index in [1.165, 1.54) is 0 Å². The fourth-order valence-electron chi connectivity index (χ4n) is 2.28. The molecule has 98 valence electrons. The van der Waals surface area contributed by atoms with E-state index >= 15 is 0 Å². The van der Waals surface area contributed by atoms with Gasteiger partial charge in [-0.2, -0.15) is 0 Å². The zero-order valence-electron chi connectivity index (χ0n) is 10.2. The highest BCUT2D eigenvalue weighted by atomic mass is 16.6. The Morgan fingerprint density at radius 2 is 2.16 bits per heavy atom. The molecular formula is C13H13N3O3. The maximum absolute atomic E-state index is 11.3. The molecule has 0 radical (unpaired) electrons. The molecule has 1 aromatic carbocycles. The lowest BCUT2D eigenvalue weighted by molar-refractivity contribution is -0.384. The summed E-state index contributed by atoms with van der Waals surface area (Å²) >= 11 is 0. The topological polar surface area (TPSA) is 91.3 Å². The van der Waals surface area contributed by atoms with Crippen molar-refractivity contribution in [2.45, 2.75) is 25.0 Å². The summed E-state index contributed by atoms with van der Waals surface area (Å²) < 4.78 is 5.67. The summed E-state index contributed by atoms with van der Waals surface area (Å²) in [7, 11) is 0. The molecule has 1 aromatic heterocycles. The van der Waals surface area contributed by atoms with Crippen molar-refractivity contribution in [3.63, 3.8) is 0 Å². The molecule has 1 aliphatic rings. The number of nitrogens with zero attached hydrogens (tertiary/aromatic N) is 2. The number of nitro groups is 1. The van der Waals surface area contributed by atoms with Gasteiger partial charge in [-0.15, -0.1) is 0 Å². The normalized spacial score (nSPS) is 21.9. The van der Waals surface area contributed by atoms with Gasteiger partial charge in [0.1, 0.15) is 6.10 Å². The van der Waals surface area contributed by atoms with Crippen LogP contribution >= 0.6 is 0 Å². The molecule has 1 fully saturated rings. The lowest BCUT2D eigenvalue weighted by Gasteiger charge is -2.32. The van der Waals surface area contributed by atoms with Crippen molar-refractivity contribution < 1.29 is 9.66 Å². The Morgan fingerprint density at radius 3 is 2.84 bits per heavy atom. The van der Waals surface area contributed by atoms with Gasteiger partial charge in [-0.3, -0.25) is 15.1 Å². The van der Waals surface area contributed by atoms with Crippen LogP contribution in [0.2, 0.25) is 0 Å². The summed E-state index contributed by atoms with van der Waals surface area (Å²) in [6, 6.07) is 6.84. The summed E-state index contributed by atoms with van der Waals surface area (Å²) in [5.74, 6) is 0.294. The highest BCUT2D eigenvalue weighted by molar-refractivity contribution is 5.90. The molecule has 1 saturated carbocycles. The van der Waals surface area contributed by atoms with Gasteiger partial charge in [0, 0.05) is 12.2 Å². The van der Waals surface area contributed by atoms with Crippen LogP contribution in [0.5, 0.6) is 5.75 Å². The monoisotopic (exact) mass is 259 g/mol. The van der Waals surface area contributed by atoms with Crippen LogP contribution in [0.4, 0.5) is 5.69 Å². The summed E-state index contributed by atoms with van der Waals surface area (Å²) in [6.07, 6.45) is 3.06. The maximum Gasteiger partial charge on any atom is 0.320 e. The number of hydrogen-bond donors (Lipinski definition) is 1. The average Bonchev–Trinajstić information content (AvgIpc) is 2.36. The van der Waals surface area contributed by atoms with Crippen LogP contribution < -0.4 is 10.5 Å². The van der Waals surface area contributed by atoms with E-state index in [1.54, 1.807) is 30.5 Å². The minimum atomic E-state index is -0.419. The Labute approximate surface area is 109 Å². The minimum absolute atomic E-state index is 0.0222. The maximum atomic E-state index is 11.3. The summed E-state index contributed by atoms with van der Waals surface area (Å²) in [5, 5.41) is 11.8. The average molecular weight is 259 g/mol. The Balaban J connectivity index is 2.03. The lowest BCUT2D eigenvalue weighted by atomic mass is 9.90. The van der Waals surface area contributed by atoms with E-state index < -0.39 is 4.92 Å². The SMILES string of the molecule is NC1CC(Oc2ccc3ncccc3c2[N+](=O)[O-])C1. The molecule has 0 amide bonds. The van der Waals surface area contributed by atoms with E-state index in [0.717, 1.165) is 12.8 Å². The Kier molecular flexibility index (Phi) is 2.79. The highest BCUT2D eigenvalue weighted by Gasteiger charge is 2.30. The number of ether oxygens (including phenoxy) is 1. The largest absolute Gasteiger partial charge is 0.483 e. The van der Waals surface area contributed by atoms with Crippen LogP contribution in [-0.4, -0.2) is 22.1 Å². The summed E-state index contributed by atoms with van der Waals surface area (Å²) in [6.45, 7) is 0. The van der Waals surface area contributed by atoms with E-state index in [1.807, 2.05) is 0 Å². The zero-order valence-corrected chi connectivity index (χ0v) is 10.2. The van der Waals surface area contributed by atoms with Gasteiger partial charge in [0.2, 0.25) is 0 Å². The standard InChI is InChI=1S/C13H13N3O3/c14-8-6-9(7-8)19-12-4-3-11-10(2-1-5-15-11)13(12)16(17)18/h1-5,8-9H,6-7,14H2. The molecule has 2 N–H and O–H groups in total. The number of pyridine rings is 1. The van der Waals surface area contributed by atoms with Crippen LogP contribution in [0, 0.1) is 10.1 Å². The van der Waals surface area contributed by atoms with Crippen molar-refractivity contribution in [2.75, 3.05) is 0 Å². The van der Waals surface area contributed by atoms with E-state index in [0.29, 0.717) is 16.7 Å². The molecule has 1 aliphatic carbocycles. The first-order chi connectivity index (χ1) is 9.15. The first-order valence-electron chi connectivity index (χ1n) is 6.09. The van der Waals surface area contributed by atoms with Crippen LogP contribution in [0.3, 0.4) is 0 Å². The predicted octanol–water partition coefficient (Wildman–Crippen LogP) is 2.01. The van der Waals surface area contributed by atoms with Gasteiger partial charge < -0.3 is 10.5 Å². The Morgan fingerprint density at radius 1 is 1.37 bits per heavy atom. The summed E-state index contributed by atoms with van der Waals surface area (Å²) in [4.78, 5) is 15.0. The third-order valence-electron chi connectivity index (χ3n) is 3.33. The first kappa shape index (κ1) is 11.9. The van der Waals surface area contributed by atoms with Crippen LogP contribution in [0.15, 0.2) is 30.5 Å². The van der Waals surface area contributed by atoms with Gasteiger partial charge in [0.15, 0.2) is 5.75 Å². The van der Waals surface area contributed by atoms with E-state index in [4.69, 9.17) is 10.5 Å². The van der Waals surface area contributed by atoms with E-state index in [-0.39, 0.29) is 17.8 Å². The first-order valence-corrected chi connectivity index (χ1v) is 6.09. The molecule has 1 heterocycles. The number of nitrogens with two attached hydrogens (primary N) is 1. The minimum Gasteiger partial charge on any atom is -0.483 e. The van der Waals surface area contributed by atoms with Crippen molar-refractivity contribution in [3.8, 4) is 5.75 Å². The predicted molar refractivity (Wildman–Crippen MR) is 70.0 cm³/mol. The van der Waals surface area contributed by atoms with Gasteiger partial charge in [0.25, 0.3) is 0 Å². The van der Waals surface area contributed by atoms with Gasteiger partial charge in [-0.1, -0.05) is 0 Å². The van der Waals surface area contributed by atoms with Crippen molar-refractivity contribution in [2.24, 2.45) is 5.73 Å². The Hall–Kier alpha value is -2.21. The molecule has 2 aromatic rings. The second kappa shape index (κ2) is 4.47. The molecule has 0 atom stereocenters. The second-order valence-electron chi connectivity index (χ2n) is 4.71. The zero-order chi connectivity index (χ0) is 13.4. The third-order valence-corrected chi connectivity index (χ3v) is 3.33. The van der Waals surface area contributed by atoms with Gasteiger partial charge in [0.05, 0.1) is 15.8 Å². The molecule has 19 heavy (non-hydrogen) atoms. The Bertz CT molecular complexity index is 638. The molecule has 0 unspecified atom stereocenters. The molecule has 0 aliphatic heterocycles. The number of fused-ring (bicyclic) bond motifs is 1. The fraction of sp³-hybridized carbons (Fsp3) is 0.308. The molecule has 6 nitrogen and oxygen atoms in total. The molecule has 0 saturated heterocycles. The fourth-order valence-corrected chi connectivity index (χ4v) is 2.28. The number of nitro benzene ring substituents is 1.